The maximum absolute atomic E-state index is 12.5. The number of nitrogens with zero attached hydrogens (tertiary/aromatic N) is 1. The number of amides is 1. The Hall–Kier alpha value is -2.87. The number of sulfonamides is 1. The van der Waals surface area contributed by atoms with Gasteiger partial charge in [0.25, 0.3) is 5.91 Å². The van der Waals surface area contributed by atoms with E-state index in [1.54, 1.807) is 37.3 Å². The van der Waals surface area contributed by atoms with Crippen molar-refractivity contribution in [3.05, 3.63) is 59.2 Å². The number of anilines is 2. The summed E-state index contributed by atoms with van der Waals surface area (Å²) in [6, 6.07) is 11.1. The first-order valence-corrected chi connectivity index (χ1v) is 9.52. The fraction of sp³-hybridized carbons (Fsp3) is 0.222. The number of methoxy groups -OCH3 is 1. The van der Waals surface area contributed by atoms with Gasteiger partial charge in [-0.15, -0.1) is 0 Å². The Morgan fingerprint density at radius 3 is 2.38 bits per heavy atom. The monoisotopic (exact) mass is 376 g/mol. The fourth-order valence-electron chi connectivity index (χ4n) is 2.31. The molecule has 0 aliphatic rings. The van der Waals surface area contributed by atoms with Gasteiger partial charge in [0.2, 0.25) is 10.0 Å². The molecule has 7 nitrogen and oxygen atoms in total. The predicted molar refractivity (Wildman–Crippen MR) is 100 cm³/mol. The van der Waals surface area contributed by atoms with E-state index in [-0.39, 0.29) is 0 Å². The third kappa shape index (κ3) is 4.40. The first-order chi connectivity index (χ1) is 12.1. The third-order valence-corrected chi connectivity index (χ3v) is 5.04. The second-order valence-corrected chi connectivity index (χ2v) is 7.77. The van der Waals surface area contributed by atoms with Crippen molar-refractivity contribution >= 4 is 33.3 Å². The summed E-state index contributed by atoms with van der Waals surface area (Å²) in [4.78, 5) is 24.1. The smallest absolute Gasteiger partial charge is 0.337 e. The number of hydrogen-bond acceptors (Lipinski definition) is 5. The number of carbonyl (C=O) groups is 2. The van der Waals surface area contributed by atoms with Crippen LogP contribution in [0.4, 0.5) is 11.4 Å². The summed E-state index contributed by atoms with van der Waals surface area (Å²) in [5, 5.41) is 2.69. The molecule has 1 amide bonds. The summed E-state index contributed by atoms with van der Waals surface area (Å²) in [5.41, 5.74) is 2.18. The van der Waals surface area contributed by atoms with E-state index < -0.39 is 21.9 Å². The Morgan fingerprint density at radius 2 is 1.77 bits per heavy atom. The number of carbonyl (C=O) groups excluding carboxylic acids is 2. The van der Waals surface area contributed by atoms with E-state index in [0.717, 1.165) is 16.1 Å². The second kappa shape index (κ2) is 7.57. The van der Waals surface area contributed by atoms with E-state index in [0.29, 0.717) is 22.5 Å². The van der Waals surface area contributed by atoms with E-state index in [1.165, 1.54) is 26.3 Å². The quantitative estimate of drug-likeness (QED) is 0.809. The molecule has 0 heterocycles. The summed E-state index contributed by atoms with van der Waals surface area (Å²) in [5.74, 6) is -0.927. The van der Waals surface area contributed by atoms with Crippen molar-refractivity contribution < 1.29 is 22.7 Å². The number of nitrogens with one attached hydrogen (secondary N) is 1. The van der Waals surface area contributed by atoms with Gasteiger partial charge in [0.1, 0.15) is 0 Å². The maximum atomic E-state index is 12.5. The zero-order chi connectivity index (χ0) is 19.5. The summed E-state index contributed by atoms with van der Waals surface area (Å²) in [6.45, 7) is 1.76. The van der Waals surface area contributed by atoms with Crippen molar-refractivity contribution in [2.24, 2.45) is 0 Å². The first kappa shape index (κ1) is 19.5. The van der Waals surface area contributed by atoms with Crippen LogP contribution >= 0.6 is 0 Å². The topological polar surface area (TPSA) is 92.8 Å². The molecule has 0 aliphatic carbocycles. The molecule has 0 unspecified atom stereocenters. The molecule has 0 atom stereocenters. The first-order valence-electron chi connectivity index (χ1n) is 7.67. The molecular weight excluding hydrogens is 356 g/mol. The summed E-state index contributed by atoms with van der Waals surface area (Å²) >= 11 is 0. The van der Waals surface area contributed by atoms with Crippen LogP contribution in [0, 0.1) is 6.92 Å². The van der Waals surface area contributed by atoms with Gasteiger partial charge >= 0.3 is 5.97 Å². The van der Waals surface area contributed by atoms with Crippen LogP contribution in [0.25, 0.3) is 0 Å². The van der Waals surface area contributed by atoms with Gasteiger partial charge in [0.15, 0.2) is 0 Å². The number of rotatable bonds is 5. The van der Waals surface area contributed by atoms with Gasteiger partial charge in [0, 0.05) is 18.3 Å². The lowest BCUT2D eigenvalue weighted by Gasteiger charge is -2.19. The molecule has 0 bridgehead atoms. The molecule has 26 heavy (non-hydrogen) atoms. The highest BCUT2D eigenvalue weighted by atomic mass is 32.2. The van der Waals surface area contributed by atoms with Crippen LogP contribution in [0.1, 0.15) is 26.3 Å². The van der Waals surface area contributed by atoms with Crippen LogP contribution in [0.2, 0.25) is 0 Å². The van der Waals surface area contributed by atoms with Gasteiger partial charge in [-0.3, -0.25) is 9.10 Å². The van der Waals surface area contributed by atoms with Crippen molar-refractivity contribution in [2.75, 3.05) is 30.0 Å². The lowest BCUT2D eigenvalue weighted by atomic mass is 10.1. The Morgan fingerprint density at radius 1 is 1.08 bits per heavy atom. The Labute approximate surface area is 152 Å². The van der Waals surface area contributed by atoms with E-state index in [2.05, 4.69) is 10.1 Å². The van der Waals surface area contributed by atoms with Crippen LogP contribution in [-0.4, -0.2) is 40.7 Å². The van der Waals surface area contributed by atoms with Crippen molar-refractivity contribution in [2.45, 2.75) is 6.92 Å². The van der Waals surface area contributed by atoms with E-state index >= 15 is 0 Å². The number of ether oxygens (including phenoxy) is 1. The van der Waals surface area contributed by atoms with Gasteiger partial charge in [-0.25, -0.2) is 13.2 Å². The Balaban J connectivity index is 2.30. The molecule has 0 saturated carbocycles. The molecule has 2 aromatic carbocycles. The normalized spacial score (nSPS) is 10.9. The predicted octanol–water partition coefficient (Wildman–Crippen LogP) is 2.43. The van der Waals surface area contributed by atoms with Gasteiger partial charge in [-0.2, -0.15) is 0 Å². The van der Waals surface area contributed by atoms with Crippen LogP contribution < -0.4 is 9.62 Å². The molecule has 0 saturated heterocycles. The summed E-state index contributed by atoms with van der Waals surface area (Å²) in [7, 11) is -0.740. The van der Waals surface area contributed by atoms with Gasteiger partial charge in [-0.05, 0) is 42.8 Å². The molecule has 8 heteroatoms. The molecule has 0 fully saturated rings. The zero-order valence-electron chi connectivity index (χ0n) is 14.9. The minimum absolute atomic E-state index is 0.296. The number of esters is 1. The van der Waals surface area contributed by atoms with Crippen LogP contribution in [-0.2, 0) is 14.8 Å². The van der Waals surface area contributed by atoms with Crippen LogP contribution in [0.3, 0.4) is 0 Å². The number of benzene rings is 2. The minimum atomic E-state index is -3.45. The standard InChI is InChI=1S/C18H20N2O5S/c1-12-8-9-13(11-16(12)20(2)26(4,23)24)17(21)19-15-7-5-6-14(10-15)18(22)25-3/h5-11H,1-4H3,(H,19,21). The molecule has 2 rings (SSSR count). The SMILES string of the molecule is COC(=O)c1cccc(NC(=O)c2ccc(C)c(N(C)S(C)(=O)=O)c2)c1. The van der Waals surface area contributed by atoms with Gasteiger partial charge in [-0.1, -0.05) is 12.1 Å². The third-order valence-electron chi connectivity index (χ3n) is 3.85. The van der Waals surface area contributed by atoms with Crippen molar-refractivity contribution in [3.63, 3.8) is 0 Å². The van der Waals surface area contributed by atoms with Crippen molar-refractivity contribution in [1.82, 2.24) is 0 Å². The number of aryl methyl sites for hydroxylation is 1. The molecule has 0 spiro atoms. The van der Waals surface area contributed by atoms with E-state index in [4.69, 9.17) is 0 Å². The van der Waals surface area contributed by atoms with Crippen LogP contribution in [0.5, 0.6) is 0 Å². The largest absolute Gasteiger partial charge is 0.465 e. The Kier molecular flexibility index (Phi) is 5.66. The molecule has 0 aliphatic heterocycles. The lowest BCUT2D eigenvalue weighted by Crippen LogP contribution is -2.26. The Bertz CT molecular complexity index is 954. The van der Waals surface area contributed by atoms with Crippen molar-refractivity contribution in [1.29, 1.82) is 0 Å². The summed E-state index contributed by atoms with van der Waals surface area (Å²) in [6.07, 6.45) is 1.09. The molecule has 0 radical (unpaired) electrons. The van der Waals surface area contributed by atoms with Crippen molar-refractivity contribution in [3.8, 4) is 0 Å². The average Bonchev–Trinajstić information content (AvgIpc) is 2.60. The highest BCUT2D eigenvalue weighted by molar-refractivity contribution is 7.92. The molecule has 2 aromatic rings. The molecular formula is C18H20N2O5S. The fourth-order valence-corrected chi connectivity index (χ4v) is 2.87. The molecule has 138 valence electrons. The highest BCUT2D eigenvalue weighted by Crippen LogP contribution is 2.23. The number of hydrogen-bond donors (Lipinski definition) is 1. The van der Waals surface area contributed by atoms with Gasteiger partial charge in [0.05, 0.1) is 24.6 Å². The average molecular weight is 376 g/mol. The van der Waals surface area contributed by atoms with Gasteiger partial charge < -0.3 is 10.1 Å². The van der Waals surface area contributed by atoms with E-state index in [1.807, 2.05) is 0 Å². The second-order valence-electron chi connectivity index (χ2n) is 5.76. The van der Waals surface area contributed by atoms with E-state index in [9.17, 15) is 18.0 Å². The zero-order valence-corrected chi connectivity index (χ0v) is 15.8. The molecule has 1 N–H and O–H groups in total. The lowest BCUT2D eigenvalue weighted by molar-refractivity contribution is 0.0600. The maximum Gasteiger partial charge on any atom is 0.337 e. The molecule has 0 aromatic heterocycles. The minimum Gasteiger partial charge on any atom is -0.465 e. The van der Waals surface area contributed by atoms with Crippen LogP contribution in [0.15, 0.2) is 42.5 Å². The summed E-state index contributed by atoms with van der Waals surface area (Å²) < 4.78 is 29.3. The highest BCUT2D eigenvalue weighted by Gasteiger charge is 2.17.